The zero-order chi connectivity index (χ0) is 21.5. The molecule has 2 heterocycles. The van der Waals surface area contributed by atoms with Gasteiger partial charge in [0.15, 0.2) is 5.82 Å². The molecule has 0 aliphatic heterocycles. The number of hydrogen-bond donors (Lipinski definition) is 1. The summed E-state index contributed by atoms with van der Waals surface area (Å²) in [6, 6.07) is 24.5. The molecule has 4 heteroatoms. The van der Waals surface area contributed by atoms with Crippen LogP contribution in [0.4, 0.5) is 11.5 Å². The zero-order valence-electron chi connectivity index (χ0n) is 17.8. The second-order valence-electron chi connectivity index (χ2n) is 7.99. The van der Waals surface area contributed by atoms with Crippen LogP contribution in [-0.4, -0.2) is 9.38 Å². The van der Waals surface area contributed by atoms with Crippen LogP contribution in [0.15, 0.2) is 72.9 Å². The molecule has 31 heavy (non-hydrogen) atoms. The van der Waals surface area contributed by atoms with Crippen LogP contribution in [0, 0.1) is 32.1 Å². The Labute approximate surface area is 181 Å². The molecule has 0 spiro atoms. The van der Waals surface area contributed by atoms with Crippen LogP contribution < -0.4 is 5.32 Å². The van der Waals surface area contributed by atoms with Gasteiger partial charge in [-0.15, -0.1) is 0 Å². The number of nitrogens with zero attached hydrogens (tertiary/aromatic N) is 3. The summed E-state index contributed by atoms with van der Waals surface area (Å²) in [4.78, 5) is 5.05. The lowest BCUT2D eigenvalue weighted by Crippen LogP contribution is -1.98. The molecule has 5 rings (SSSR count). The predicted octanol–water partition coefficient (Wildman–Crippen LogP) is 6.70. The van der Waals surface area contributed by atoms with Crippen molar-refractivity contribution in [2.75, 3.05) is 5.32 Å². The summed E-state index contributed by atoms with van der Waals surface area (Å²) in [6.07, 6.45) is 2.10. The van der Waals surface area contributed by atoms with Gasteiger partial charge in [0.2, 0.25) is 0 Å². The van der Waals surface area contributed by atoms with Crippen LogP contribution in [-0.2, 0) is 0 Å². The fourth-order valence-corrected chi connectivity index (χ4v) is 4.41. The zero-order valence-corrected chi connectivity index (χ0v) is 17.8. The number of rotatable bonds is 3. The lowest BCUT2D eigenvalue weighted by atomic mass is 9.97. The molecule has 0 bridgehead atoms. The first-order chi connectivity index (χ1) is 15.0. The summed E-state index contributed by atoms with van der Waals surface area (Å²) < 4.78 is 2.18. The van der Waals surface area contributed by atoms with E-state index in [-0.39, 0.29) is 0 Å². The van der Waals surface area contributed by atoms with Gasteiger partial charge in [-0.1, -0.05) is 42.0 Å². The van der Waals surface area contributed by atoms with Gasteiger partial charge in [0, 0.05) is 22.8 Å². The molecule has 150 valence electrons. The molecule has 4 nitrogen and oxygen atoms in total. The Hall–Kier alpha value is -4.10. The SMILES string of the molecule is Cc1cc(C)c(-c2c(Nc3ccc(C#N)cc3)nc3c4ccccc4ccn23)c(C)c1. The summed E-state index contributed by atoms with van der Waals surface area (Å²) >= 11 is 0. The fraction of sp³-hybridized carbons (Fsp3) is 0.111. The maximum atomic E-state index is 9.10. The first-order valence-electron chi connectivity index (χ1n) is 10.3. The lowest BCUT2D eigenvalue weighted by Gasteiger charge is -2.14. The molecule has 0 fully saturated rings. The quantitative estimate of drug-likeness (QED) is 0.365. The van der Waals surface area contributed by atoms with Crippen molar-refractivity contribution < 1.29 is 0 Å². The van der Waals surface area contributed by atoms with Crippen molar-refractivity contribution in [2.45, 2.75) is 20.8 Å². The Morgan fingerprint density at radius 1 is 0.903 bits per heavy atom. The molecule has 0 saturated heterocycles. The standard InChI is InChI=1S/C27H22N4/c1-17-14-18(2)24(19(3)15-17)25-26(29-22-10-8-20(16-28)9-11-22)30-27-23-7-5-4-6-21(23)12-13-31(25)27/h4-15,29H,1-3H3. The van der Waals surface area contributed by atoms with E-state index in [1.54, 1.807) is 0 Å². The van der Waals surface area contributed by atoms with E-state index in [9.17, 15) is 0 Å². The number of aromatic nitrogens is 2. The van der Waals surface area contributed by atoms with Gasteiger partial charge in [-0.3, -0.25) is 4.40 Å². The van der Waals surface area contributed by atoms with Crippen molar-refractivity contribution in [1.82, 2.24) is 9.38 Å². The summed E-state index contributed by atoms with van der Waals surface area (Å²) in [5.74, 6) is 0.802. The van der Waals surface area contributed by atoms with Crippen molar-refractivity contribution in [3.8, 4) is 17.3 Å². The molecule has 0 unspecified atom stereocenters. The van der Waals surface area contributed by atoms with Crippen molar-refractivity contribution in [3.63, 3.8) is 0 Å². The summed E-state index contributed by atoms with van der Waals surface area (Å²) in [5.41, 5.74) is 8.37. The Morgan fingerprint density at radius 3 is 2.32 bits per heavy atom. The number of anilines is 2. The number of nitriles is 1. The van der Waals surface area contributed by atoms with Crippen molar-refractivity contribution >= 4 is 27.9 Å². The monoisotopic (exact) mass is 402 g/mol. The van der Waals surface area contributed by atoms with Gasteiger partial charge in [0.25, 0.3) is 0 Å². The molecule has 0 amide bonds. The van der Waals surface area contributed by atoms with Crippen molar-refractivity contribution in [2.24, 2.45) is 0 Å². The average molecular weight is 403 g/mol. The van der Waals surface area contributed by atoms with Crippen LogP contribution in [0.25, 0.3) is 27.7 Å². The molecule has 3 aromatic carbocycles. The van der Waals surface area contributed by atoms with Gasteiger partial charge in [-0.2, -0.15) is 5.26 Å². The topological polar surface area (TPSA) is 53.1 Å². The summed E-state index contributed by atoms with van der Waals surface area (Å²) in [5, 5.41) is 14.9. The summed E-state index contributed by atoms with van der Waals surface area (Å²) in [6.45, 7) is 6.43. The highest BCUT2D eigenvalue weighted by Crippen LogP contribution is 2.37. The number of nitrogens with one attached hydrogen (secondary N) is 1. The molecule has 0 saturated carbocycles. The molecule has 0 radical (unpaired) electrons. The third-order valence-electron chi connectivity index (χ3n) is 5.71. The van der Waals surface area contributed by atoms with E-state index < -0.39 is 0 Å². The maximum Gasteiger partial charge on any atom is 0.157 e. The first kappa shape index (κ1) is 18.9. The first-order valence-corrected chi connectivity index (χ1v) is 10.3. The van der Waals surface area contributed by atoms with E-state index >= 15 is 0 Å². The number of hydrogen-bond acceptors (Lipinski definition) is 3. The van der Waals surface area contributed by atoms with Crippen LogP contribution in [0.2, 0.25) is 0 Å². The largest absolute Gasteiger partial charge is 0.338 e. The van der Waals surface area contributed by atoms with E-state index in [1.807, 2.05) is 36.4 Å². The van der Waals surface area contributed by atoms with E-state index in [0.29, 0.717) is 5.56 Å². The van der Waals surface area contributed by atoms with Gasteiger partial charge in [0.05, 0.1) is 17.3 Å². The fourth-order valence-electron chi connectivity index (χ4n) is 4.41. The van der Waals surface area contributed by atoms with Crippen LogP contribution >= 0.6 is 0 Å². The molecule has 0 aliphatic rings. The molecule has 2 aromatic heterocycles. The van der Waals surface area contributed by atoms with Gasteiger partial charge in [-0.05, 0) is 67.6 Å². The highest BCUT2D eigenvalue weighted by molar-refractivity contribution is 5.97. The Balaban J connectivity index is 1.80. The Bertz CT molecular complexity index is 1460. The highest BCUT2D eigenvalue weighted by Gasteiger charge is 2.19. The number of aryl methyl sites for hydroxylation is 3. The van der Waals surface area contributed by atoms with Crippen molar-refractivity contribution in [1.29, 1.82) is 5.26 Å². The maximum absolute atomic E-state index is 9.10. The molecular formula is C27H22N4. The Morgan fingerprint density at radius 2 is 1.61 bits per heavy atom. The minimum absolute atomic E-state index is 0.636. The number of benzene rings is 3. The minimum atomic E-state index is 0.636. The number of pyridine rings is 1. The van der Waals surface area contributed by atoms with Crippen molar-refractivity contribution in [3.05, 3.63) is 95.2 Å². The summed E-state index contributed by atoms with van der Waals surface area (Å²) in [7, 11) is 0. The molecule has 1 N–H and O–H groups in total. The predicted molar refractivity (Wildman–Crippen MR) is 127 cm³/mol. The molecule has 5 aromatic rings. The van der Waals surface area contributed by atoms with Gasteiger partial charge in [0.1, 0.15) is 5.65 Å². The second kappa shape index (κ2) is 7.30. The van der Waals surface area contributed by atoms with Gasteiger partial charge in [-0.25, -0.2) is 4.98 Å². The normalized spacial score (nSPS) is 11.0. The number of fused-ring (bicyclic) bond motifs is 3. The van der Waals surface area contributed by atoms with Crippen LogP contribution in [0.1, 0.15) is 22.3 Å². The second-order valence-corrected chi connectivity index (χ2v) is 7.99. The number of imidazole rings is 1. The lowest BCUT2D eigenvalue weighted by molar-refractivity contribution is 1.19. The highest BCUT2D eigenvalue weighted by atomic mass is 15.1. The van der Waals surface area contributed by atoms with E-state index in [1.165, 1.54) is 22.3 Å². The third-order valence-corrected chi connectivity index (χ3v) is 5.71. The van der Waals surface area contributed by atoms with E-state index in [2.05, 4.69) is 73.1 Å². The van der Waals surface area contributed by atoms with Gasteiger partial charge >= 0.3 is 0 Å². The average Bonchev–Trinajstić information content (AvgIpc) is 3.12. The Kier molecular flexibility index (Phi) is 4.45. The third kappa shape index (κ3) is 3.21. The minimum Gasteiger partial charge on any atom is -0.338 e. The van der Waals surface area contributed by atoms with Crippen LogP contribution in [0.5, 0.6) is 0 Å². The van der Waals surface area contributed by atoms with Gasteiger partial charge < -0.3 is 5.32 Å². The molecular weight excluding hydrogens is 380 g/mol. The molecule has 0 aliphatic carbocycles. The van der Waals surface area contributed by atoms with Crippen LogP contribution in [0.3, 0.4) is 0 Å². The smallest absolute Gasteiger partial charge is 0.157 e. The molecule has 0 atom stereocenters. The van der Waals surface area contributed by atoms with E-state index in [0.717, 1.165) is 33.6 Å². The van der Waals surface area contributed by atoms with E-state index in [4.69, 9.17) is 10.2 Å².